The minimum atomic E-state index is -3.17. The fourth-order valence-corrected chi connectivity index (χ4v) is 9.18. The fourth-order valence-electron chi connectivity index (χ4n) is 9.01. The van der Waals surface area contributed by atoms with Crippen LogP contribution in [0.25, 0.3) is 10.9 Å². The summed E-state index contributed by atoms with van der Waals surface area (Å²) in [5.74, 6) is -12.2. The Bertz CT molecular complexity index is 2150. The Morgan fingerprint density at radius 2 is 1.41 bits per heavy atom. The van der Waals surface area contributed by atoms with Crippen LogP contribution < -0.4 is 16.0 Å². The van der Waals surface area contributed by atoms with Gasteiger partial charge in [-0.05, 0) is 63.7 Å². The summed E-state index contributed by atoms with van der Waals surface area (Å²) in [4.78, 5) is 56.2. The highest BCUT2D eigenvalue weighted by Gasteiger charge is 2.61. The van der Waals surface area contributed by atoms with E-state index >= 15 is 0 Å². The first-order chi connectivity index (χ1) is 34.8. The van der Waals surface area contributed by atoms with Crippen molar-refractivity contribution < 1.29 is 109 Å². The summed E-state index contributed by atoms with van der Waals surface area (Å²) >= 11 is 6.04. The number of carbonyl (C=O) groups excluding carboxylic acids is 2. The van der Waals surface area contributed by atoms with Crippen molar-refractivity contribution >= 4 is 51.9 Å². The number of pyridine rings is 1. The molecule has 1 aromatic carbocycles. The molecule has 2 amide bonds. The van der Waals surface area contributed by atoms with Crippen LogP contribution in [-0.4, -0.2) is 249 Å². The van der Waals surface area contributed by atoms with E-state index in [0.717, 1.165) is 55.0 Å². The number of carbonyl (C=O) groups is 4. The molecule has 74 heavy (non-hydrogen) atoms. The number of hydrogen-bond donors (Lipinski definition) is 16. The zero-order valence-corrected chi connectivity index (χ0v) is 42.2. The van der Waals surface area contributed by atoms with E-state index in [1.54, 1.807) is 0 Å². The van der Waals surface area contributed by atoms with Crippen molar-refractivity contribution in [3.05, 3.63) is 35.5 Å². The van der Waals surface area contributed by atoms with Crippen molar-refractivity contribution in [3.8, 4) is 0 Å². The summed E-state index contributed by atoms with van der Waals surface area (Å²) in [6.07, 6.45) is -25.4. The van der Waals surface area contributed by atoms with Gasteiger partial charge in [-0.15, -0.1) is 0 Å². The summed E-state index contributed by atoms with van der Waals surface area (Å²) in [5.41, 5.74) is 2.07. The zero-order valence-electron chi connectivity index (χ0n) is 41.5. The maximum absolute atomic E-state index is 12.7. The Labute approximate surface area is 430 Å². The van der Waals surface area contributed by atoms with Gasteiger partial charge < -0.3 is 111 Å². The van der Waals surface area contributed by atoms with E-state index in [4.69, 9.17) is 35.3 Å². The number of carboxylic acid groups (broad SMARTS) is 2. The second-order valence-corrected chi connectivity index (χ2v) is 18.8. The molecule has 0 radical (unpaired) electrons. The Hall–Kier alpha value is -4.08. The number of aromatic nitrogens is 1. The molecule has 0 bridgehead atoms. The predicted octanol–water partition coefficient (Wildman–Crippen LogP) is -4.06. The molecule has 1 unspecified atom stereocenters. The number of carboxylic acids is 2. The third-order valence-electron chi connectivity index (χ3n) is 13.0. The average Bonchev–Trinajstić information content (AvgIpc) is 3.35. The van der Waals surface area contributed by atoms with E-state index in [2.05, 4.69) is 46.6 Å². The molecule has 28 heteroatoms. The van der Waals surface area contributed by atoms with Crippen LogP contribution in [0, 0.1) is 0 Å². The molecule has 3 aliphatic rings. The third-order valence-corrected chi connectivity index (χ3v) is 13.2. The van der Waals surface area contributed by atoms with Crippen LogP contribution >= 0.6 is 11.6 Å². The van der Waals surface area contributed by atoms with Gasteiger partial charge in [-0.1, -0.05) is 25.4 Å². The highest BCUT2D eigenvalue weighted by Crippen LogP contribution is 2.40. The van der Waals surface area contributed by atoms with Crippen molar-refractivity contribution in [2.75, 3.05) is 44.8 Å². The van der Waals surface area contributed by atoms with Crippen LogP contribution in [0.2, 0.25) is 5.02 Å². The van der Waals surface area contributed by atoms with E-state index < -0.39 is 160 Å². The van der Waals surface area contributed by atoms with E-state index in [-0.39, 0.29) is 0 Å². The van der Waals surface area contributed by atoms with Gasteiger partial charge >= 0.3 is 11.9 Å². The first kappa shape index (κ1) is 62.5. The molecule has 0 aliphatic carbocycles. The number of amides is 2. The number of nitrogens with one attached hydrogen (secondary N) is 3. The van der Waals surface area contributed by atoms with Crippen LogP contribution in [0.1, 0.15) is 60.3 Å². The molecular weight excluding hydrogens is 1010 g/mol. The van der Waals surface area contributed by atoms with Gasteiger partial charge in [0.25, 0.3) is 11.6 Å². The molecule has 18 atom stereocenters. The van der Waals surface area contributed by atoms with Gasteiger partial charge in [0, 0.05) is 55.0 Å². The van der Waals surface area contributed by atoms with Gasteiger partial charge in [-0.2, -0.15) is 0 Å². The van der Waals surface area contributed by atoms with Crippen molar-refractivity contribution in [1.82, 2.24) is 20.5 Å². The lowest BCUT2D eigenvalue weighted by Gasteiger charge is -2.50. The maximum atomic E-state index is 12.7. The number of fused-ring (bicyclic) bond motifs is 1. The molecule has 27 nitrogen and oxygen atoms in total. The molecule has 0 saturated carbocycles. The van der Waals surface area contributed by atoms with E-state index in [0.29, 0.717) is 6.04 Å². The number of benzene rings is 1. The number of aliphatic hydroxyl groups excluding tert-OH is 11. The molecule has 420 valence electrons. The quantitative estimate of drug-likeness (QED) is 0.0503. The van der Waals surface area contributed by atoms with Crippen LogP contribution in [0.15, 0.2) is 30.5 Å². The first-order valence-electron chi connectivity index (χ1n) is 24.0. The molecule has 5 rings (SSSR count). The molecule has 0 spiro atoms. The molecule has 1 aromatic heterocycles. The monoisotopic (exact) mass is 1080 g/mol. The Morgan fingerprint density at radius 3 is 1.93 bits per heavy atom. The first-order valence-corrected chi connectivity index (χ1v) is 24.4. The molecule has 2 aromatic rings. The SMILES string of the molecule is CC(=O)N[C@H]1[C@H]([C@H](O)[C@H](O)CO)O[C@@](O[C@H](CO)[C@@H](O)[C@@H]2O[C@@](O[C@@H]3[C@@H](O)[C@H](O)O[C@H](CO)[C@@H]3O)(C(=O)O)C[C@H](O)[C@H]2NC(C)=O)(C(=O)O)C[C@@H]1O.CCN(CC)CCCC(C)Nc1ccnc2cc(Cl)ccc12. The summed E-state index contributed by atoms with van der Waals surface area (Å²) in [5, 5.41) is 145. The molecule has 3 saturated heterocycles. The lowest BCUT2D eigenvalue weighted by Crippen LogP contribution is -2.71. The lowest BCUT2D eigenvalue weighted by atomic mass is 9.87. The smallest absolute Gasteiger partial charge is 0.364 e. The zero-order chi connectivity index (χ0) is 55.4. The van der Waals surface area contributed by atoms with Crippen LogP contribution in [-0.2, 0) is 42.9 Å². The van der Waals surface area contributed by atoms with Gasteiger partial charge in [0.05, 0.1) is 49.6 Å². The van der Waals surface area contributed by atoms with E-state index in [1.807, 2.05) is 30.5 Å². The highest BCUT2D eigenvalue weighted by molar-refractivity contribution is 6.31. The molecule has 3 fully saturated rings. The summed E-state index contributed by atoms with van der Waals surface area (Å²) in [7, 11) is 0. The number of nitrogens with zero attached hydrogens (tertiary/aromatic N) is 2. The van der Waals surface area contributed by atoms with Gasteiger partial charge in [0.1, 0.15) is 61.0 Å². The molecule has 4 heterocycles. The second kappa shape index (κ2) is 27.8. The average molecular weight is 1080 g/mol. The number of aliphatic carboxylic acids is 2. The van der Waals surface area contributed by atoms with E-state index in [9.17, 15) is 85.6 Å². The second-order valence-electron chi connectivity index (χ2n) is 18.4. The Kier molecular flexibility index (Phi) is 23.5. The number of halogens is 1. The van der Waals surface area contributed by atoms with Gasteiger partial charge in [-0.25, -0.2) is 9.59 Å². The number of ether oxygens (including phenoxy) is 5. The normalized spacial score (nSPS) is 32.3. The minimum absolute atomic E-state index is 0.442. The fraction of sp³-hybridized carbons (Fsp3) is 0.717. The topological polar surface area (TPSA) is 430 Å². The highest BCUT2D eigenvalue weighted by atomic mass is 35.5. The number of hydrogen-bond acceptors (Lipinski definition) is 23. The molecular formula is C46H72ClN5O22. The van der Waals surface area contributed by atoms with Crippen molar-refractivity contribution in [1.29, 1.82) is 0 Å². The Balaban J connectivity index is 0.000000446. The van der Waals surface area contributed by atoms with Crippen LogP contribution in [0.3, 0.4) is 0 Å². The van der Waals surface area contributed by atoms with Crippen molar-refractivity contribution in [3.63, 3.8) is 0 Å². The molecule has 16 N–H and O–H groups in total. The number of anilines is 1. The maximum Gasteiger partial charge on any atom is 0.364 e. The predicted molar refractivity (Wildman–Crippen MR) is 256 cm³/mol. The largest absolute Gasteiger partial charge is 0.477 e. The van der Waals surface area contributed by atoms with Crippen molar-refractivity contribution in [2.24, 2.45) is 0 Å². The minimum Gasteiger partial charge on any atom is -0.477 e. The lowest BCUT2D eigenvalue weighted by molar-refractivity contribution is -0.371. The standard InChI is InChI=1S/C28H46N2O22.C18H26ClN3/c1-8(34)29-15-10(36)3-27(25(44)45,50-21(15)17(39)12(38)5-31)49-14(7-33)19(41)22-16(30-9(2)35)11(37)4-28(51-22,26(46)47)52-23-18(40)13(6-32)48-24(43)20(23)42;1-4-22(5-2)12-6-7-14(3)21-17-10-11-20-18-13-15(19)8-9-16(17)18/h10-24,31-33,36-43H,3-7H2,1-2H3,(H,29,34)(H,30,35)(H,44,45)(H,46,47);8-11,13-14H,4-7,12H2,1-3H3,(H,20,21)/t10-,11-,12+,13+,14+,15+,16+,17+,18-,19+,20+,21+,22+,23-,24+,27+,28-;/m0./s1. The van der Waals surface area contributed by atoms with E-state index in [1.165, 1.54) is 13.0 Å². The van der Waals surface area contributed by atoms with Crippen LogP contribution in [0.5, 0.6) is 0 Å². The molecule has 3 aliphatic heterocycles. The van der Waals surface area contributed by atoms with Crippen LogP contribution in [0.4, 0.5) is 5.69 Å². The third kappa shape index (κ3) is 15.3. The van der Waals surface area contributed by atoms with Gasteiger partial charge in [0.15, 0.2) is 6.29 Å². The van der Waals surface area contributed by atoms with Crippen molar-refractivity contribution in [2.45, 2.75) is 170 Å². The van der Waals surface area contributed by atoms with Gasteiger partial charge in [-0.3, -0.25) is 14.6 Å². The Morgan fingerprint density at radius 1 is 0.838 bits per heavy atom. The van der Waals surface area contributed by atoms with Gasteiger partial charge in [0.2, 0.25) is 11.8 Å². The number of aliphatic hydroxyl groups is 11. The number of rotatable bonds is 23. The summed E-state index contributed by atoms with van der Waals surface area (Å²) in [6, 6.07) is 4.92. The summed E-state index contributed by atoms with van der Waals surface area (Å²) in [6.45, 7) is 8.63. The summed E-state index contributed by atoms with van der Waals surface area (Å²) < 4.78 is 26.9.